The minimum Gasteiger partial charge on any atom is -0.493 e. The fourth-order valence-electron chi connectivity index (χ4n) is 2.30. The minimum atomic E-state index is 0.758. The van der Waals surface area contributed by atoms with Crippen LogP contribution in [0.25, 0.3) is 0 Å². The molecule has 0 aliphatic carbocycles. The van der Waals surface area contributed by atoms with E-state index in [1.165, 1.54) is 23.1 Å². The molecule has 0 saturated heterocycles. The van der Waals surface area contributed by atoms with Gasteiger partial charge in [0.2, 0.25) is 0 Å². The predicted molar refractivity (Wildman–Crippen MR) is 82.9 cm³/mol. The van der Waals surface area contributed by atoms with E-state index in [2.05, 4.69) is 52.1 Å². The number of hydrogen-bond acceptors (Lipinski definition) is 2. The molecule has 2 nitrogen and oxygen atoms in total. The molecule has 0 aromatic heterocycles. The summed E-state index contributed by atoms with van der Waals surface area (Å²) in [7, 11) is 0. The lowest BCUT2D eigenvalue weighted by molar-refractivity contribution is 0.294. The van der Waals surface area contributed by atoms with Crippen molar-refractivity contribution in [3.05, 3.63) is 28.8 Å². The van der Waals surface area contributed by atoms with Crippen LogP contribution in [0.15, 0.2) is 12.1 Å². The van der Waals surface area contributed by atoms with Gasteiger partial charge in [-0.05, 0) is 55.8 Å². The number of nitrogens with one attached hydrogen (secondary N) is 1. The van der Waals surface area contributed by atoms with Gasteiger partial charge < -0.3 is 10.1 Å². The van der Waals surface area contributed by atoms with Crippen LogP contribution in [0.3, 0.4) is 0 Å². The summed E-state index contributed by atoms with van der Waals surface area (Å²) in [5.74, 6) is 1.83. The van der Waals surface area contributed by atoms with Crippen LogP contribution in [0.1, 0.15) is 50.3 Å². The van der Waals surface area contributed by atoms with Gasteiger partial charge in [0.05, 0.1) is 6.61 Å². The minimum absolute atomic E-state index is 0.758. The summed E-state index contributed by atoms with van der Waals surface area (Å²) in [5, 5.41) is 3.36. The molecule has 1 aromatic carbocycles. The van der Waals surface area contributed by atoms with Crippen LogP contribution in [0.4, 0.5) is 0 Å². The zero-order valence-electron chi connectivity index (χ0n) is 13.2. The third-order valence-electron chi connectivity index (χ3n) is 3.27. The highest BCUT2D eigenvalue weighted by atomic mass is 16.5. The fourth-order valence-corrected chi connectivity index (χ4v) is 2.30. The lowest BCUT2D eigenvalue weighted by Crippen LogP contribution is -2.12. The van der Waals surface area contributed by atoms with Crippen LogP contribution in [0.5, 0.6) is 5.75 Å². The lowest BCUT2D eigenvalue weighted by atomic mass is 10.1. The van der Waals surface area contributed by atoms with Crippen LogP contribution in [-0.4, -0.2) is 13.2 Å². The molecule has 1 aromatic rings. The number of rotatable bonds is 8. The molecular formula is C17H29NO. The summed E-state index contributed by atoms with van der Waals surface area (Å²) in [6, 6.07) is 4.46. The van der Waals surface area contributed by atoms with Crippen LogP contribution >= 0.6 is 0 Å². The van der Waals surface area contributed by atoms with Crippen molar-refractivity contribution in [1.29, 1.82) is 0 Å². The normalized spacial score (nSPS) is 11.1. The zero-order chi connectivity index (χ0) is 14.3. The first-order valence-corrected chi connectivity index (χ1v) is 7.48. The summed E-state index contributed by atoms with van der Waals surface area (Å²) in [6.07, 6.45) is 2.37. The molecule has 0 atom stereocenters. The SMILES string of the molecule is CCNCc1cc(C)c(OCCCC(C)C)c(C)c1. The van der Waals surface area contributed by atoms with Gasteiger partial charge >= 0.3 is 0 Å². The van der Waals surface area contributed by atoms with Gasteiger partial charge in [-0.3, -0.25) is 0 Å². The van der Waals surface area contributed by atoms with Gasteiger partial charge in [-0.25, -0.2) is 0 Å². The zero-order valence-corrected chi connectivity index (χ0v) is 13.2. The molecule has 1 rings (SSSR count). The standard InChI is InChI=1S/C17H29NO/c1-6-18-12-16-10-14(4)17(15(5)11-16)19-9-7-8-13(2)3/h10-11,13,18H,6-9,12H2,1-5H3. The van der Waals surface area contributed by atoms with Gasteiger partial charge in [0.15, 0.2) is 0 Å². The number of aryl methyl sites for hydroxylation is 2. The van der Waals surface area contributed by atoms with E-state index in [4.69, 9.17) is 4.74 Å². The van der Waals surface area contributed by atoms with Crippen molar-refractivity contribution in [3.8, 4) is 5.75 Å². The van der Waals surface area contributed by atoms with Crippen LogP contribution in [0.2, 0.25) is 0 Å². The Hall–Kier alpha value is -1.02. The molecular weight excluding hydrogens is 234 g/mol. The van der Waals surface area contributed by atoms with Crippen molar-refractivity contribution in [1.82, 2.24) is 5.32 Å². The molecule has 0 fully saturated rings. The molecule has 0 spiro atoms. The van der Waals surface area contributed by atoms with E-state index in [9.17, 15) is 0 Å². The first-order valence-electron chi connectivity index (χ1n) is 7.48. The van der Waals surface area contributed by atoms with E-state index in [1.807, 2.05) is 0 Å². The topological polar surface area (TPSA) is 21.3 Å². The van der Waals surface area contributed by atoms with Crippen molar-refractivity contribution in [2.45, 2.75) is 54.0 Å². The second-order valence-corrected chi connectivity index (χ2v) is 5.72. The highest BCUT2D eigenvalue weighted by Crippen LogP contribution is 2.25. The fraction of sp³-hybridized carbons (Fsp3) is 0.647. The van der Waals surface area contributed by atoms with E-state index < -0.39 is 0 Å². The molecule has 0 heterocycles. The van der Waals surface area contributed by atoms with Crippen LogP contribution in [-0.2, 0) is 6.54 Å². The van der Waals surface area contributed by atoms with Crippen molar-refractivity contribution in [2.75, 3.05) is 13.2 Å². The predicted octanol–water partition coefficient (Wildman–Crippen LogP) is 4.23. The van der Waals surface area contributed by atoms with Crippen LogP contribution in [0, 0.1) is 19.8 Å². The molecule has 0 saturated carbocycles. The van der Waals surface area contributed by atoms with E-state index in [-0.39, 0.29) is 0 Å². The Labute approximate surface area is 118 Å². The number of hydrogen-bond donors (Lipinski definition) is 1. The van der Waals surface area contributed by atoms with Crippen molar-refractivity contribution in [3.63, 3.8) is 0 Å². The molecule has 0 unspecified atom stereocenters. The van der Waals surface area contributed by atoms with E-state index >= 15 is 0 Å². The Bertz CT molecular complexity index is 362. The summed E-state index contributed by atoms with van der Waals surface area (Å²) < 4.78 is 5.96. The summed E-state index contributed by atoms with van der Waals surface area (Å²) >= 11 is 0. The average Bonchev–Trinajstić information content (AvgIpc) is 2.34. The molecule has 1 N–H and O–H groups in total. The van der Waals surface area contributed by atoms with Gasteiger partial charge in [-0.15, -0.1) is 0 Å². The molecule has 108 valence electrons. The maximum absolute atomic E-state index is 5.96. The van der Waals surface area contributed by atoms with Gasteiger partial charge in [0, 0.05) is 6.54 Å². The van der Waals surface area contributed by atoms with E-state index in [0.29, 0.717) is 0 Å². The number of benzene rings is 1. The van der Waals surface area contributed by atoms with Gasteiger partial charge in [-0.2, -0.15) is 0 Å². The van der Waals surface area contributed by atoms with E-state index in [0.717, 1.165) is 37.8 Å². The second kappa shape index (κ2) is 8.21. The average molecular weight is 263 g/mol. The maximum atomic E-state index is 5.96. The highest BCUT2D eigenvalue weighted by Gasteiger charge is 2.06. The van der Waals surface area contributed by atoms with Crippen LogP contribution < -0.4 is 10.1 Å². The molecule has 0 radical (unpaired) electrons. The monoisotopic (exact) mass is 263 g/mol. The first-order chi connectivity index (χ1) is 9.04. The van der Waals surface area contributed by atoms with Gasteiger partial charge in [0.1, 0.15) is 5.75 Å². The second-order valence-electron chi connectivity index (χ2n) is 5.72. The Balaban J connectivity index is 2.58. The number of ether oxygens (including phenoxy) is 1. The Morgan fingerprint density at radius 2 is 1.79 bits per heavy atom. The largest absolute Gasteiger partial charge is 0.493 e. The van der Waals surface area contributed by atoms with Crippen molar-refractivity contribution >= 4 is 0 Å². The smallest absolute Gasteiger partial charge is 0.125 e. The third-order valence-corrected chi connectivity index (χ3v) is 3.27. The summed E-state index contributed by atoms with van der Waals surface area (Å²) in [4.78, 5) is 0. The molecule has 2 heteroatoms. The molecule has 0 aliphatic rings. The Morgan fingerprint density at radius 1 is 1.16 bits per heavy atom. The molecule has 0 bridgehead atoms. The quantitative estimate of drug-likeness (QED) is 0.709. The third kappa shape index (κ3) is 5.65. The lowest BCUT2D eigenvalue weighted by Gasteiger charge is -2.15. The Morgan fingerprint density at radius 3 is 2.32 bits per heavy atom. The molecule has 0 amide bonds. The maximum Gasteiger partial charge on any atom is 0.125 e. The molecule has 0 aliphatic heterocycles. The van der Waals surface area contributed by atoms with E-state index in [1.54, 1.807) is 0 Å². The van der Waals surface area contributed by atoms with Gasteiger partial charge in [0.25, 0.3) is 0 Å². The highest BCUT2D eigenvalue weighted by molar-refractivity contribution is 5.43. The van der Waals surface area contributed by atoms with Gasteiger partial charge in [-0.1, -0.05) is 32.9 Å². The first kappa shape index (κ1) is 16.0. The molecule has 19 heavy (non-hydrogen) atoms. The Kier molecular flexibility index (Phi) is 6.93. The summed E-state index contributed by atoms with van der Waals surface area (Å²) in [6.45, 7) is 13.7. The summed E-state index contributed by atoms with van der Waals surface area (Å²) in [5.41, 5.74) is 3.83. The van der Waals surface area contributed by atoms with Crippen molar-refractivity contribution < 1.29 is 4.74 Å². The van der Waals surface area contributed by atoms with Crippen molar-refractivity contribution in [2.24, 2.45) is 5.92 Å².